The molecule has 0 atom stereocenters. The van der Waals surface area contributed by atoms with Crippen molar-refractivity contribution in [3.8, 4) is 0 Å². The summed E-state index contributed by atoms with van der Waals surface area (Å²) in [4.78, 5) is 28.9. The summed E-state index contributed by atoms with van der Waals surface area (Å²) in [6.45, 7) is 2.12. The van der Waals surface area contributed by atoms with Gasteiger partial charge in [0.2, 0.25) is 10.0 Å². The molecule has 12 heteroatoms. The highest BCUT2D eigenvalue weighted by Crippen LogP contribution is 2.23. The van der Waals surface area contributed by atoms with E-state index in [1.165, 1.54) is 30.3 Å². The first-order chi connectivity index (χ1) is 14.6. The smallest absolute Gasteiger partial charge is 0.307 e. The molecule has 2 aromatic carbocycles. The van der Waals surface area contributed by atoms with E-state index < -0.39 is 21.9 Å². The molecule has 3 aromatic rings. The molecule has 0 spiro atoms. The molecule has 31 heavy (non-hydrogen) atoms. The van der Waals surface area contributed by atoms with E-state index in [1.807, 2.05) is 0 Å². The standard InChI is InChI=1S/C19H17Cl2N3O5S2/c1-2-29-17(25)7-8-24-15-6-4-12(31(22,27)28)10-16(15)30-19(24)23-18(26)13-5-3-11(20)9-14(13)21/h3-6,9-10H,2,7-8H2,1H3,(H2,22,27,28). The fourth-order valence-corrected chi connectivity index (χ4v) is 4.98. The first-order valence-electron chi connectivity index (χ1n) is 8.96. The van der Waals surface area contributed by atoms with Gasteiger partial charge < -0.3 is 9.30 Å². The number of hydrogen-bond donors (Lipinski definition) is 1. The van der Waals surface area contributed by atoms with E-state index in [4.69, 9.17) is 33.1 Å². The van der Waals surface area contributed by atoms with Crippen molar-refractivity contribution in [3.63, 3.8) is 0 Å². The van der Waals surface area contributed by atoms with Gasteiger partial charge in [0, 0.05) is 11.6 Å². The van der Waals surface area contributed by atoms with Gasteiger partial charge in [-0.1, -0.05) is 34.5 Å². The number of carbonyl (C=O) groups excluding carboxylic acids is 2. The zero-order valence-corrected chi connectivity index (χ0v) is 19.3. The number of fused-ring (bicyclic) bond motifs is 1. The van der Waals surface area contributed by atoms with E-state index in [0.717, 1.165) is 11.3 Å². The summed E-state index contributed by atoms with van der Waals surface area (Å²) >= 11 is 13.1. The molecule has 0 fully saturated rings. The van der Waals surface area contributed by atoms with Gasteiger partial charge in [-0.25, -0.2) is 13.6 Å². The zero-order valence-electron chi connectivity index (χ0n) is 16.2. The number of aromatic nitrogens is 1. The molecule has 0 aliphatic heterocycles. The molecule has 0 saturated carbocycles. The van der Waals surface area contributed by atoms with E-state index in [-0.39, 0.29) is 39.9 Å². The summed E-state index contributed by atoms with van der Waals surface area (Å²) in [5, 5.41) is 5.74. The maximum Gasteiger partial charge on any atom is 0.307 e. The number of ether oxygens (including phenoxy) is 1. The van der Waals surface area contributed by atoms with Gasteiger partial charge in [0.05, 0.1) is 38.7 Å². The van der Waals surface area contributed by atoms with E-state index in [0.29, 0.717) is 15.2 Å². The molecule has 2 N–H and O–H groups in total. The first-order valence-corrected chi connectivity index (χ1v) is 12.1. The van der Waals surface area contributed by atoms with E-state index in [1.54, 1.807) is 17.6 Å². The SMILES string of the molecule is CCOC(=O)CCn1c(=NC(=O)c2ccc(Cl)cc2Cl)sc2cc(S(N)(=O)=O)ccc21. The van der Waals surface area contributed by atoms with E-state index >= 15 is 0 Å². The number of halogens is 2. The highest BCUT2D eigenvalue weighted by molar-refractivity contribution is 7.89. The van der Waals surface area contributed by atoms with Gasteiger partial charge in [0.25, 0.3) is 5.91 Å². The summed E-state index contributed by atoms with van der Waals surface area (Å²) < 4.78 is 30.5. The minimum atomic E-state index is -3.91. The number of primary sulfonamides is 1. The molecule has 0 radical (unpaired) electrons. The predicted molar refractivity (Wildman–Crippen MR) is 119 cm³/mol. The van der Waals surface area contributed by atoms with Crippen molar-refractivity contribution in [1.82, 2.24) is 4.57 Å². The lowest BCUT2D eigenvalue weighted by Crippen LogP contribution is -2.19. The Hall–Kier alpha value is -2.24. The molecule has 0 aliphatic carbocycles. The molecular weight excluding hydrogens is 485 g/mol. The third-order valence-electron chi connectivity index (χ3n) is 4.19. The van der Waals surface area contributed by atoms with Crippen LogP contribution in [0.2, 0.25) is 10.0 Å². The monoisotopic (exact) mass is 501 g/mol. The Labute approximate surface area is 191 Å². The summed E-state index contributed by atoms with van der Waals surface area (Å²) in [6, 6.07) is 8.72. The molecule has 1 amide bonds. The van der Waals surface area contributed by atoms with Crippen LogP contribution in [0.1, 0.15) is 23.7 Å². The number of amides is 1. The lowest BCUT2D eigenvalue weighted by Gasteiger charge is -2.06. The van der Waals surface area contributed by atoms with Gasteiger partial charge in [-0.2, -0.15) is 4.99 Å². The van der Waals surface area contributed by atoms with Gasteiger partial charge in [-0.3, -0.25) is 9.59 Å². The second kappa shape index (κ2) is 9.49. The molecule has 164 valence electrons. The van der Waals surface area contributed by atoms with Crippen molar-refractivity contribution >= 4 is 66.7 Å². The maximum atomic E-state index is 12.7. The van der Waals surface area contributed by atoms with Crippen LogP contribution in [0.3, 0.4) is 0 Å². The molecule has 0 saturated heterocycles. The Morgan fingerprint density at radius 3 is 2.58 bits per heavy atom. The third-order valence-corrected chi connectivity index (χ3v) is 6.69. The average Bonchev–Trinajstić information content (AvgIpc) is 3.02. The molecule has 1 aromatic heterocycles. The fourth-order valence-electron chi connectivity index (χ4n) is 2.78. The minimum absolute atomic E-state index is 0.0414. The van der Waals surface area contributed by atoms with Crippen LogP contribution in [0.25, 0.3) is 10.2 Å². The van der Waals surface area contributed by atoms with Crippen LogP contribution in [-0.4, -0.2) is 31.5 Å². The van der Waals surface area contributed by atoms with Crippen LogP contribution in [0.5, 0.6) is 0 Å². The topological polar surface area (TPSA) is 121 Å². The highest BCUT2D eigenvalue weighted by Gasteiger charge is 2.16. The summed E-state index contributed by atoms with van der Waals surface area (Å²) in [6.07, 6.45) is 0.0414. The number of hydrogen-bond acceptors (Lipinski definition) is 6. The Morgan fingerprint density at radius 2 is 1.94 bits per heavy atom. The number of benzene rings is 2. The Balaban J connectivity index is 2.12. The second-order valence-electron chi connectivity index (χ2n) is 6.31. The van der Waals surface area contributed by atoms with Gasteiger partial charge in [-0.05, 0) is 43.3 Å². The van der Waals surface area contributed by atoms with Gasteiger partial charge in [0.15, 0.2) is 4.80 Å². The van der Waals surface area contributed by atoms with Crippen molar-refractivity contribution in [2.75, 3.05) is 6.61 Å². The van der Waals surface area contributed by atoms with Crippen molar-refractivity contribution in [2.24, 2.45) is 10.1 Å². The minimum Gasteiger partial charge on any atom is -0.466 e. The lowest BCUT2D eigenvalue weighted by atomic mass is 10.2. The summed E-state index contributed by atoms with van der Waals surface area (Å²) in [5.74, 6) is -1.02. The van der Waals surface area contributed by atoms with Crippen LogP contribution in [-0.2, 0) is 26.1 Å². The number of rotatable bonds is 6. The number of nitrogens with zero attached hydrogens (tertiary/aromatic N) is 2. The summed E-state index contributed by atoms with van der Waals surface area (Å²) in [7, 11) is -3.91. The van der Waals surface area contributed by atoms with Crippen LogP contribution in [0.4, 0.5) is 0 Å². The zero-order chi connectivity index (χ0) is 22.8. The highest BCUT2D eigenvalue weighted by atomic mass is 35.5. The fraction of sp³-hybridized carbons (Fsp3) is 0.211. The molecule has 8 nitrogen and oxygen atoms in total. The quantitative estimate of drug-likeness (QED) is 0.519. The van der Waals surface area contributed by atoms with Gasteiger partial charge in [-0.15, -0.1) is 0 Å². The Kier molecular flexibility index (Phi) is 7.17. The van der Waals surface area contributed by atoms with Crippen molar-refractivity contribution in [1.29, 1.82) is 0 Å². The number of esters is 1. The van der Waals surface area contributed by atoms with Crippen LogP contribution < -0.4 is 9.94 Å². The van der Waals surface area contributed by atoms with Gasteiger partial charge in [0.1, 0.15) is 0 Å². The molecule has 0 bridgehead atoms. The molecule has 3 rings (SSSR count). The van der Waals surface area contributed by atoms with Gasteiger partial charge >= 0.3 is 5.97 Å². The van der Waals surface area contributed by atoms with E-state index in [9.17, 15) is 18.0 Å². The molecule has 0 unspecified atom stereocenters. The number of aryl methyl sites for hydroxylation is 1. The number of sulfonamides is 1. The predicted octanol–water partition coefficient (Wildman–Crippen LogP) is 3.35. The van der Waals surface area contributed by atoms with Crippen molar-refractivity contribution in [3.05, 3.63) is 56.8 Å². The van der Waals surface area contributed by atoms with Crippen LogP contribution in [0, 0.1) is 0 Å². The Bertz CT molecular complexity index is 1350. The number of nitrogens with two attached hydrogens (primary N) is 1. The average molecular weight is 502 g/mol. The van der Waals surface area contributed by atoms with Crippen LogP contribution in [0.15, 0.2) is 46.3 Å². The van der Waals surface area contributed by atoms with Crippen molar-refractivity contribution in [2.45, 2.75) is 24.8 Å². The number of carbonyl (C=O) groups is 2. The summed E-state index contributed by atoms with van der Waals surface area (Å²) in [5.41, 5.74) is 0.751. The molecular formula is C19H17Cl2N3O5S2. The van der Waals surface area contributed by atoms with Crippen molar-refractivity contribution < 1.29 is 22.7 Å². The largest absolute Gasteiger partial charge is 0.466 e. The third kappa shape index (κ3) is 5.52. The molecule has 1 heterocycles. The second-order valence-corrected chi connectivity index (χ2v) is 9.72. The number of thiazole rings is 1. The molecule has 0 aliphatic rings. The maximum absolute atomic E-state index is 12.7. The first kappa shape index (κ1) is 23.4. The van der Waals surface area contributed by atoms with E-state index in [2.05, 4.69) is 4.99 Å². The Morgan fingerprint density at radius 1 is 1.19 bits per heavy atom. The van der Waals surface area contributed by atoms with Crippen LogP contribution >= 0.6 is 34.5 Å². The normalized spacial score (nSPS) is 12.3. The lowest BCUT2D eigenvalue weighted by molar-refractivity contribution is -0.143.